The molecule has 0 aromatic rings. The average molecular weight is 224 g/mol. The van der Waals surface area contributed by atoms with Crippen molar-refractivity contribution < 1.29 is 19.4 Å². The van der Waals surface area contributed by atoms with E-state index in [1.807, 2.05) is 6.92 Å². The molecule has 1 N–H and O–H groups in total. The largest absolute Gasteiger partial charge is 0.492 e. The summed E-state index contributed by atoms with van der Waals surface area (Å²) in [5.41, 5.74) is 0.792. The Morgan fingerprint density at radius 3 is 2.56 bits per heavy atom. The van der Waals surface area contributed by atoms with Gasteiger partial charge in [-0.3, -0.25) is 9.59 Å². The predicted octanol–water partition coefficient (Wildman–Crippen LogP) is 1.00. The van der Waals surface area contributed by atoms with Gasteiger partial charge in [0.2, 0.25) is 5.78 Å². The van der Waals surface area contributed by atoms with Gasteiger partial charge in [-0.1, -0.05) is 6.92 Å². The molecule has 0 unspecified atom stereocenters. The van der Waals surface area contributed by atoms with Crippen LogP contribution >= 0.6 is 0 Å². The van der Waals surface area contributed by atoms with Crippen molar-refractivity contribution in [3.05, 3.63) is 23.0 Å². The van der Waals surface area contributed by atoms with E-state index in [2.05, 4.69) is 0 Å². The fourth-order valence-electron chi connectivity index (χ4n) is 1.66. The molecule has 0 aromatic carbocycles. The zero-order valence-corrected chi connectivity index (χ0v) is 9.74. The molecule has 1 atom stereocenters. The van der Waals surface area contributed by atoms with Crippen molar-refractivity contribution in [1.29, 1.82) is 0 Å². The summed E-state index contributed by atoms with van der Waals surface area (Å²) in [6.45, 7) is 3.40. The van der Waals surface area contributed by atoms with E-state index in [1.54, 1.807) is 6.92 Å². The lowest BCUT2D eigenvalue weighted by Crippen LogP contribution is -2.20. The van der Waals surface area contributed by atoms with Crippen molar-refractivity contribution in [2.45, 2.75) is 20.3 Å². The molecule has 1 aliphatic rings. The SMILES string of the molecule is COC1=C(C)C(=O)C(C[C@H](C)CO)=CC1=O. The normalized spacial score (nSPS) is 18.6. The van der Waals surface area contributed by atoms with Gasteiger partial charge in [-0.25, -0.2) is 0 Å². The van der Waals surface area contributed by atoms with Crippen molar-refractivity contribution in [1.82, 2.24) is 0 Å². The molecule has 0 aromatic heterocycles. The molecule has 0 amide bonds. The topological polar surface area (TPSA) is 63.6 Å². The maximum Gasteiger partial charge on any atom is 0.221 e. The van der Waals surface area contributed by atoms with Crippen molar-refractivity contribution in [2.75, 3.05) is 13.7 Å². The fourth-order valence-corrected chi connectivity index (χ4v) is 1.66. The quantitative estimate of drug-likeness (QED) is 0.724. The summed E-state index contributed by atoms with van der Waals surface area (Å²) in [4.78, 5) is 23.4. The molecule has 0 saturated carbocycles. The second-order valence-electron chi connectivity index (χ2n) is 4.01. The molecule has 0 radical (unpaired) electrons. The molecule has 0 spiro atoms. The highest BCUT2D eigenvalue weighted by atomic mass is 16.5. The average Bonchev–Trinajstić information content (AvgIpc) is 2.26. The van der Waals surface area contributed by atoms with Gasteiger partial charge in [-0.15, -0.1) is 0 Å². The minimum Gasteiger partial charge on any atom is -0.492 e. The molecular weight excluding hydrogens is 208 g/mol. The number of carbonyl (C=O) groups excluding carboxylic acids is 2. The number of methoxy groups -OCH3 is 1. The first kappa shape index (κ1) is 12.6. The highest BCUT2D eigenvalue weighted by molar-refractivity contribution is 6.21. The predicted molar refractivity (Wildman–Crippen MR) is 58.7 cm³/mol. The Morgan fingerprint density at radius 1 is 1.44 bits per heavy atom. The van der Waals surface area contributed by atoms with Gasteiger partial charge in [0.15, 0.2) is 11.5 Å². The zero-order valence-electron chi connectivity index (χ0n) is 9.74. The highest BCUT2D eigenvalue weighted by Gasteiger charge is 2.26. The molecule has 0 aliphatic heterocycles. The molecule has 0 saturated heterocycles. The van der Waals surface area contributed by atoms with Crippen LogP contribution in [-0.2, 0) is 14.3 Å². The Morgan fingerprint density at radius 2 is 2.06 bits per heavy atom. The summed E-state index contributed by atoms with van der Waals surface area (Å²) in [6.07, 6.45) is 1.72. The van der Waals surface area contributed by atoms with Gasteiger partial charge in [0.25, 0.3) is 0 Å². The van der Waals surface area contributed by atoms with Crippen LogP contribution in [0.25, 0.3) is 0 Å². The Bertz CT molecular complexity index is 376. The number of rotatable bonds is 4. The standard InChI is InChI=1S/C12H16O4/c1-7(6-13)4-9-5-10(14)12(16-3)8(2)11(9)15/h5,7,13H,4,6H2,1-3H3/t7-/m0/s1. The van der Waals surface area contributed by atoms with Gasteiger partial charge >= 0.3 is 0 Å². The van der Waals surface area contributed by atoms with Crippen LogP contribution in [0.1, 0.15) is 20.3 Å². The summed E-state index contributed by atoms with van der Waals surface area (Å²) in [5, 5.41) is 8.92. The van der Waals surface area contributed by atoms with Gasteiger partial charge in [-0.2, -0.15) is 0 Å². The van der Waals surface area contributed by atoms with E-state index in [0.29, 0.717) is 17.6 Å². The third-order valence-electron chi connectivity index (χ3n) is 2.59. The van der Waals surface area contributed by atoms with Crippen molar-refractivity contribution >= 4 is 11.6 Å². The Hall–Kier alpha value is -1.42. The molecule has 4 nitrogen and oxygen atoms in total. The number of Topliss-reactive ketones (excluding diaryl/α,β-unsaturated/α-hetero) is 1. The molecule has 16 heavy (non-hydrogen) atoms. The third kappa shape index (κ3) is 2.39. The van der Waals surface area contributed by atoms with E-state index < -0.39 is 0 Å². The Kier molecular flexibility index (Phi) is 4.01. The van der Waals surface area contributed by atoms with Crippen LogP contribution in [0.4, 0.5) is 0 Å². The molecule has 0 heterocycles. The first-order valence-electron chi connectivity index (χ1n) is 5.16. The van der Waals surface area contributed by atoms with Gasteiger partial charge in [-0.05, 0) is 25.3 Å². The number of carbonyl (C=O) groups is 2. The lowest BCUT2D eigenvalue weighted by atomic mass is 9.89. The maximum absolute atomic E-state index is 11.9. The van der Waals surface area contributed by atoms with Crippen LogP contribution in [0.3, 0.4) is 0 Å². The monoisotopic (exact) mass is 224 g/mol. The minimum atomic E-state index is -0.278. The van der Waals surface area contributed by atoms with Crippen LogP contribution in [0.2, 0.25) is 0 Å². The van der Waals surface area contributed by atoms with E-state index >= 15 is 0 Å². The van der Waals surface area contributed by atoms with Gasteiger partial charge in [0.05, 0.1) is 7.11 Å². The molecule has 88 valence electrons. The second-order valence-corrected chi connectivity index (χ2v) is 4.01. The van der Waals surface area contributed by atoms with E-state index in [9.17, 15) is 9.59 Å². The van der Waals surface area contributed by atoms with Gasteiger partial charge in [0, 0.05) is 17.8 Å². The third-order valence-corrected chi connectivity index (χ3v) is 2.59. The Labute approximate surface area is 94.6 Å². The van der Waals surface area contributed by atoms with Crippen molar-refractivity contribution in [3.8, 4) is 0 Å². The number of ether oxygens (including phenoxy) is 1. The minimum absolute atomic E-state index is 0.00128. The maximum atomic E-state index is 11.9. The van der Waals surface area contributed by atoms with Crippen molar-refractivity contribution in [2.24, 2.45) is 5.92 Å². The molecule has 0 bridgehead atoms. The van der Waals surface area contributed by atoms with Crippen LogP contribution < -0.4 is 0 Å². The van der Waals surface area contributed by atoms with Crippen LogP contribution in [-0.4, -0.2) is 30.4 Å². The summed E-state index contributed by atoms with van der Waals surface area (Å²) in [7, 11) is 1.37. The Balaban J connectivity index is 2.93. The zero-order chi connectivity index (χ0) is 12.3. The second kappa shape index (κ2) is 5.07. The first-order valence-corrected chi connectivity index (χ1v) is 5.16. The molecule has 0 fully saturated rings. The van der Waals surface area contributed by atoms with E-state index in [1.165, 1.54) is 13.2 Å². The van der Waals surface area contributed by atoms with E-state index in [0.717, 1.165) is 0 Å². The van der Waals surface area contributed by atoms with Crippen LogP contribution in [0.15, 0.2) is 23.0 Å². The summed E-state index contributed by atoms with van der Waals surface area (Å²) in [5.74, 6) is -0.359. The molecule has 1 aliphatic carbocycles. The summed E-state index contributed by atoms with van der Waals surface area (Å²) in [6, 6.07) is 0. The number of ketones is 2. The van der Waals surface area contributed by atoms with Crippen LogP contribution in [0, 0.1) is 5.92 Å². The first-order chi connectivity index (χ1) is 7.51. The lowest BCUT2D eigenvalue weighted by molar-refractivity contribution is -0.118. The number of allylic oxidation sites excluding steroid dienone is 3. The fraction of sp³-hybridized carbons (Fsp3) is 0.500. The molecular formula is C12H16O4. The highest BCUT2D eigenvalue weighted by Crippen LogP contribution is 2.23. The van der Waals surface area contributed by atoms with Crippen LogP contribution in [0.5, 0.6) is 0 Å². The number of aliphatic hydroxyl groups excluding tert-OH is 1. The van der Waals surface area contributed by atoms with E-state index in [4.69, 9.17) is 9.84 Å². The van der Waals surface area contributed by atoms with E-state index in [-0.39, 0.29) is 29.9 Å². The number of hydrogen-bond donors (Lipinski definition) is 1. The van der Waals surface area contributed by atoms with Gasteiger partial charge < -0.3 is 9.84 Å². The number of aliphatic hydroxyl groups is 1. The smallest absolute Gasteiger partial charge is 0.221 e. The summed E-state index contributed by atoms with van der Waals surface area (Å²) < 4.78 is 4.88. The number of hydrogen-bond acceptors (Lipinski definition) is 4. The van der Waals surface area contributed by atoms with Crippen molar-refractivity contribution in [3.63, 3.8) is 0 Å². The lowest BCUT2D eigenvalue weighted by Gasteiger charge is -2.17. The summed E-state index contributed by atoms with van der Waals surface area (Å²) >= 11 is 0. The molecule has 4 heteroatoms. The van der Waals surface area contributed by atoms with Gasteiger partial charge in [0.1, 0.15) is 0 Å². The molecule has 1 rings (SSSR count).